The van der Waals surface area contributed by atoms with Crippen LogP contribution in [-0.4, -0.2) is 17.9 Å². The Balaban J connectivity index is 2.35. The molecule has 6 heteroatoms. The van der Waals surface area contributed by atoms with Crippen molar-refractivity contribution in [2.24, 2.45) is 0 Å². The van der Waals surface area contributed by atoms with Gasteiger partial charge in [-0.05, 0) is 6.92 Å². The molecule has 13 heavy (non-hydrogen) atoms. The van der Waals surface area contributed by atoms with E-state index in [1.807, 2.05) is 0 Å². The second kappa shape index (κ2) is 4.34. The summed E-state index contributed by atoms with van der Waals surface area (Å²) in [6.45, 7) is 2.15. The predicted octanol–water partition coefficient (Wildman–Crippen LogP) is 0.214. The Morgan fingerprint density at radius 2 is 2.54 bits per heavy atom. The van der Waals surface area contributed by atoms with Crippen molar-refractivity contribution in [1.82, 2.24) is 10.5 Å². The van der Waals surface area contributed by atoms with Crippen molar-refractivity contribution in [3.8, 4) is 0 Å². The zero-order chi connectivity index (χ0) is 9.68. The summed E-state index contributed by atoms with van der Waals surface area (Å²) < 4.78 is 9.28. The molecule has 1 rings (SSSR count). The Hall–Kier alpha value is -1.72. The highest BCUT2D eigenvalue weighted by molar-refractivity contribution is 5.66. The number of alkyl carbamates (subject to hydrolysis) is 1. The maximum absolute atomic E-state index is 10.8. The van der Waals surface area contributed by atoms with Crippen molar-refractivity contribution >= 4 is 6.09 Å². The van der Waals surface area contributed by atoms with Crippen LogP contribution in [0.15, 0.2) is 15.4 Å². The molecule has 0 radical (unpaired) electrons. The summed E-state index contributed by atoms with van der Waals surface area (Å²) in [5.41, 5.74) is -0.333. The second-order valence-electron chi connectivity index (χ2n) is 2.25. The number of H-pyrrole nitrogens is 1. The molecule has 0 atom stereocenters. The van der Waals surface area contributed by atoms with Gasteiger partial charge in [0.05, 0.1) is 13.2 Å². The van der Waals surface area contributed by atoms with Crippen LogP contribution in [0.25, 0.3) is 0 Å². The Bertz CT molecular complexity index is 327. The quantitative estimate of drug-likeness (QED) is 0.706. The minimum Gasteiger partial charge on any atom is -0.450 e. The minimum atomic E-state index is -0.536. The molecule has 2 N–H and O–H groups in total. The van der Waals surface area contributed by atoms with Gasteiger partial charge in [-0.15, -0.1) is 0 Å². The first-order valence-corrected chi connectivity index (χ1v) is 3.80. The monoisotopic (exact) mass is 186 g/mol. The van der Waals surface area contributed by atoms with Crippen molar-refractivity contribution in [2.45, 2.75) is 13.5 Å². The Morgan fingerprint density at radius 3 is 3.08 bits per heavy atom. The van der Waals surface area contributed by atoms with Gasteiger partial charge in [-0.1, -0.05) is 0 Å². The number of hydrogen-bond acceptors (Lipinski definition) is 4. The van der Waals surface area contributed by atoms with Crippen molar-refractivity contribution in [3.05, 3.63) is 22.2 Å². The van der Waals surface area contributed by atoms with Gasteiger partial charge < -0.3 is 14.6 Å². The summed E-state index contributed by atoms with van der Waals surface area (Å²) in [5.74, 6) is 0.359. The lowest BCUT2D eigenvalue weighted by atomic mass is 10.4. The standard InChI is InChI=1S/C7H10N2O4/c1-2-12-7(11)8-4-5-3-6(10)9-13-5/h3H,2,4H2,1H3,(H,8,11)(H,9,10). The van der Waals surface area contributed by atoms with Crippen LogP contribution in [0.2, 0.25) is 0 Å². The van der Waals surface area contributed by atoms with E-state index >= 15 is 0 Å². The molecule has 0 bridgehead atoms. The van der Waals surface area contributed by atoms with E-state index in [2.05, 4.69) is 19.7 Å². The van der Waals surface area contributed by atoms with Gasteiger partial charge in [0.1, 0.15) is 0 Å². The van der Waals surface area contributed by atoms with Crippen LogP contribution in [0.5, 0.6) is 0 Å². The smallest absolute Gasteiger partial charge is 0.407 e. The lowest BCUT2D eigenvalue weighted by Crippen LogP contribution is -2.23. The molecular formula is C7H10N2O4. The van der Waals surface area contributed by atoms with E-state index in [1.165, 1.54) is 6.07 Å². The molecule has 1 aromatic rings. The number of rotatable bonds is 3. The van der Waals surface area contributed by atoms with Gasteiger partial charge in [0, 0.05) is 6.07 Å². The van der Waals surface area contributed by atoms with E-state index in [0.717, 1.165) is 0 Å². The number of aromatic nitrogens is 1. The first kappa shape index (κ1) is 9.37. The fourth-order valence-corrected chi connectivity index (χ4v) is 0.750. The van der Waals surface area contributed by atoms with Gasteiger partial charge in [-0.25, -0.2) is 4.79 Å². The topological polar surface area (TPSA) is 84.3 Å². The third-order valence-electron chi connectivity index (χ3n) is 1.26. The van der Waals surface area contributed by atoms with E-state index in [0.29, 0.717) is 12.4 Å². The molecule has 0 spiro atoms. The SMILES string of the molecule is CCOC(=O)NCc1cc(=O)[nH]o1. The molecule has 0 aliphatic rings. The Morgan fingerprint density at radius 1 is 1.77 bits per heavy atom. The van der Waals surface area contributed by atoms with Crippen LogP contribution in [0.3, 0.4) is 0 Å². The molecule has 1 aromatic heterocycles. The molecule has 0 aliphatic heterocycles. The summed E-state index contributed by atoms with van der Waals surface area (Å²) in [7, 11) is 0. The molecule has 0 saturated carbocycles. The number of carbonyl (C=O) groups excluding carboxylic acids is 1. The van der Waals surface area contributed by atoms with Gasteiger partial charge in [0.15, 0.2) is 5.76 Å². The highest BCUT2D eigenvalue weighted by Gasteiger charge is 2.03. The van der Waals surface area contributed by atoms with Crippen LogP contribution >= 0.6 is 0 Å². The molecule has 1 heterocycles. The molecule has 0 fully saturated rings. The summed E-state index contributed by atoms with van der Waals surface area (Å²) in [4.78, 5) is 21.3. The summed E-state index contributed by atoms with van der Waals surface area (Å²) >= 11 is 0. The number of nitrogens with one attached hydrogen (secondary N) is 2. The Labute approximate surface area is 73.8 Å². The second-order valence-corrected chi connectivity index (χ2v) is 2.25. The number of carbonyl (C=O) groups is 1. The zero-order valence-electron chi connectivity index (χ0n) is 7.12. The average molecular weight is 186 g/mol. The van der Waals surface area contributed by atoms with Gasteiger partial charge >= 0.3 is 6.09 Å². The van der Waals surface area contributed by atoms with Crippen molar-refractivity contribution in [2.75, 3.05) is 6.61 Å². The average Bonchev–Trinajstić information content (AvgIpc) is 2.49. The number of ether oxygens (including phenoxy) is 1. The fourth-order valence-electron chi connectivity index (χ4n) is 0.750. The minimum absolute atomic E-state index is 0.136. The molecule has 1 amide bonds. The normalized spacial score (nSPS) is 9.62. The maximum atomic E-state index is 10.8. The number of amides is 1. The van der Waals surface area contributed by atoms with E-state index in [-0.39, 0.29) is 12.1 Å². The molecular weight excluding hydrogens is 176 g/mol. The Kier molecular flexibility index (Phi) is 3.13. The summed E-state index contributed by atoms with van der Waals surface area (Å²) in [5, 5.41) is 4.50. The highest BCUT2D eigenvalue weighted by Crippen LogP contribution is 1.91. The van der Waals surface area contributed by atoms with Gasteiger partial charge in [0.2, 0.25) is 0 Å². The molecule has 0 aromatic carbocycles. The largest absolute Gasteiger partial charge is 0.450 e. The van der Waals surface area contributed by atoms with E-state index in [4.69, 9.17) is 0 Å². The predicted molar refractivity (Wildman–Crippen MR) is 43.2 cm³/mol. The lowest BCUT2D eigenvalue weighted by molar-refractivity contribution is 0.150. The lowest BCUT2D eigenvalue weighted by Gasteiger charge is -2.01. The van der Waals surface area contributed by atoms with Gasteiger partial charge in [-0.3, -0.25) is 4.79 Å². The van der Waals surface area contributed by atoms with Crippen molar-refractivity contribution < 1.29 is 14.1 Å². The van der Waals surface area contributed by atoms with E-state index < -0.39 is 6.09 Å². The number of aromatic amines is 1. The van der Waals surface area contributed by atoms with E-state index in [1.54, 1.807) is 6.92 Å². The van der Waals surface area contributed by atoms with Crippen LogP contribution in [0.4, 0.5) is 4.79 Å². The van der Waals surface area contributed by atoms with Crippen LogP contribution in [0.1, 0.15) is 12.7 Å². The third kappa shape index (κ3) is 3.02. The molecule has 72 valence electrons. The molecule has 6 nitrogen and oxygen atoms in total. The maximum Gasteiger partial charge on any atom is 0.407 e. The highest BCUT2D eigenvalue weighted by atomic mass is 16.5. The fraction of sp³-hybridized carbons (Fsp3) is 0.429. The summed E-state index contributed by atoms with van der Waals surface area (Å²) in [6, 6.07) is 1.26. The van der Waals surface area contributed by atoms with Crippen LogP contribution < -0.4 is 10.9 Å². The molecule has 0 saturated heterocycles. The zero-order valence-corrected chi connectivity index (χ0v) is 7.12. The molecule has 0 aliphatic carbocycles. The van der Waals surface area contributed by atoms with Crippen LogP contribution in [0, 0.1) is 0 Å². The number of hydrogen-bond donors (Lipinski definition) is 2. The summed E-state index contributed by atoms with van der Waals surface area (Å²) in [6.07, 6.45) is -0.536. The first-order chi connectivity index (χ1) is 6.22. The van der Waals surface area contributed by atoms with Gasteiger partial charge in [-0.2, -0.15) is 5.16 Å². The molecule has 0 unspecified atom stereocenters. The van der Waals surface area contributed by atoms with Crippen LogP contribution in [-0.2, 0) is 11.3 Å². The third-order valence-corrected chi connectivity index (χ3v) is 1.26. The van der Waals surface area contributed by atoms with Crippen molar-refractivity contribution in [1.29, 1.82) is 0 Å². The van der Waals surface area contributed by atoms with Gasteiger partial charge in [0.25, 0.3) is 5.56 Å². The van der Waals surface area contributed by atoms with E-state index in [9.17, 15) is 9.59 Å². The van der Waals surface area contributed by atoms with Crippen molar-refractivity contribution in [3.63, 3.8) is 0 Å². The first-order valence-electron chi connectivity index (χ1n) is 3.80.